The molecule has 2 fully saturated rings. The molecule has 4 rings (SSSR count). The van der Waals surface area contributed by atoms with Gasteiger partial charge in [-0.25, -0.2) is 0 Å². The highest BCUT2D eigenvalue weighted by Gasteiger charge is 2.39. The average Bonchev–Trinajstić information content (AvgIpc) is 3.08. The van der Waals surface area contributed by atoms with Gasteiger partial charge < -0.3 is 14.7 Å². The topological polar surface area (TPSA) is 49.8 Å². The van der Waals surface area contributed by atoms with Crippen LogP contribution in [0.25, 0.3) is 11.1 Å². The van der Waals surface area contributed by atoms with Crippen LogP contribution in [0, 0.1) is 5.92 Å². The van der Waals surface area contributed by atoms with Gasteiger partial charge >= 0.3 is 5.97 Å². The first-order valence-electron chi connectivity index (χ1n) is 13.6. The van der Waals surface area contributed by atoms with Crippen molar-refractivity contribution in [3.63, 3.8) is 0 Å². The molecule has 2 aromatic rings. The summed E-state index contributed by atoms with van der Waals surface area (Å²) in [5, 5.41) is 8.85. The van der Waals surface area contributed by atoms with Gasteiger partial charge in [0.2, 0.25) is 0 Å². The molecule has 4 heteroatoms. The third-order valence-electron chi connectivity index (χ3n) is 7.71. The van der Waals surface area contributed by atoms with Crippen LogP contribution in [0.3, 0.4) is 0 Å². The van der Waals surface area contributed by atoms with Crippen molar-refractivity contribution in [3.05, 3.63) is 72.3 Å². The zero-order valence-electron chi connectivity index (χ0n) is 21.0. The fourth-order valence-corrected chi connectivity index (χ4v) is 5.83. The number of hydrogen-bond acceptors (Lipinski definition) is 3. The molecule has 35 heavy (non-hydrogen) atoms. The van der Waals surface area contributed by atoms with Crippen LogP contribution in [0.4, 0.5) is 0 Å². The van der Waals surface area contributed by atoms with E-state index < -0.39 is 5.97 Å². The Balaban J connectivity index is 1.35. The van der Waals surface area contributed by atoms with Crippen molar-refractivity contribution in [2.75, 3.05) is 13.1 Å². The maximum atomic E-state index is 10.8. The molecule has 3 unspecified atom stereocenters. The van der Waals surface area contributed by atoms with E-state index in [2.05, 4.69) is 65.6 Å². The van der Waals surface area contributed by atoms with E-state index in [1.165, 1.54) is 61.9 Å². The summed E-state index contributed by atoms with van der Waals surface area (Å²) in [5.74, 6) is -0.183. The molecule has 188 valence electrons. The quantitative estimate of drug-likeness (QED) is 0.352. The third kappa shape index (κ3) is 7.78. The molecule has 4 nitrogen and oxygen atoms in total. The lowest BCUT2D eigenvalue weighted by atomic mass is 9.94. The molecule has 2 aliphatic rings. The summed E-state index contributed by atoms with van der Waals surface area (Å²) in [4.78, 5) is 13.5. The molecule has 1 aliphatic heterocycles. The lowest BCUT2D eigenvalue weighted by Crippen LogP contribution is -2.41. The van der Waals surface area contributed by atoms with Crippen LogP contribution in [0.15, 0.2) is 66.7 Å². The van der Waals surface area contributed by atoms with E-state index >= 15 is 0 Å². The Morgan fingerprint density at radius 1 is 0.886 bits per heavy atom. The largest absolute Gasteiger partial charge is 0.481 e. The fourth-order valence-electron chi connectivity index (χ4n) is 5.83. The summed E-state index contributed by atoms with van der Waals surface area (Å²) in [6.45, 7) is 3.12. The number of nitrogens with zero attached hydrogens (tertiary/aromatic N) is 1. The number of benzene rings is 2. The van der Waals surface area contributed by atoms with Crippen LogP contribution in [0.2, 0.25) is 0 Å². The number of rotatable bonds is 11. The summed E-state index contributed by atoms with van der Waals surface area (Å²) in [6.07, 6.45) is 15.2. The first-order valence-corrected chi connectivity index (χ1v) is 13.6. The molecular formula is C31H41NO3. The number of aliphatic carboxylic acids is 1. The van der Waals surface area contributed by atoms with Crippen molar-refractivity contribution in [1.82, 2.24) is 4.90 Å². The van der Waals surface area contributed by atoms with E-state index in [1.54, 1.807) is 0 Å². The van der Waals surface area contributed by atoms with Crippen LogP contribution in [-0.2, 0) is 16.1 Å². The zero-order chi connectivity index (χ0) is 24.3. The third-order valence-corrected chi connectivity index (χ3v) is 7.71. The van der Waals surface area contributed by atoms with Crippen molar-refractivity contribution < 1.29 is 14.6 Å². The number of carbonyl (C=O) groups is 1. The standard InChI is InChI=1S/C31H41NO3/c33-31(34)15-9-2-1-8-14-28-29(32-22-10-3-4-11-23-32)20-21-30(28)35-24-25-16-18-27(19-17-25)26-12-6-5-7-13-26/h1-2,5-7,12-13,16-19,28-30H,3-4,8-11,14-15,20-24H2,(H,33,34). The molecule has 0 amide bonds. The van der Waals surface area contributed by atoms with Gasteiger partial charge in [0.15, 0.2) is 0 Å². The van der Waals surface area contributed by atoms with Gasteiger partial charge in [0.1, 0.15) is 0 Å². The predicted molar refractivity (Wildman–Crippen MR) is 142 cm³/mol. The first kappa shape index (κ1) is 25.7. The molecule has 0 bridgehead atoms. The van der Waals surface area contributed by atoms with E-state index in [9.17, 15) is 4.79 Å². The van der Waals surface area contributed by atoms with Crippen LogP contribution in [0.5, 0.6) is 0 Å². The van der Waals surface area contributed by atoms with Crippen LogP contribution in [-0.4, -0.2) is 41.2 Å². The average molecular weight is 476 g/mol. The maximum absolute atomic E-state index is 10.8. The number of carboxylic acid groups (broad SMARTS) is 1. The Hall–Kier alpha value is -2.43. The molecular weight excluding hydrogens is 434 g/mol. The zero-order valence-corrected chi connectivity index (χ0v) is 21.0. The number of carboxylic acids is 1. The van der Waals surface area contributed by atoms with Gasteiger partial charge in [-0.2, -0.15) is 0 Å². The molecule has 0 radical (unpaired) electrons. The number of likely N-dealkylation sites (tertiary alicyclic amines) is 1. The van der Waals surface area contributed by atoms with Crippen LogP contribution < -0.4 is 0 Å². The molecule has 0 aromatic heterocycles. The number of hydrogen-bond donors (Lipinski definition) is 1. The van der Waals surface area contributed by atoms with Crippen molar-refractivity contribution in [2.45, 2.75) is 83.0 Å². The second kappa shape index (κ2) is 13.6. The van der Waals surface area contributed by atoms with Crippen molar-refractivity contribution in [3.8, 4) is 11.1 Å². The summed E-state index contributed by atoms with van der Waals surface area (Å²) >= 11 is 0. The van der Waals surface area contributed by atoms with E-state index in [4.69, 9.17) is 9.84 Å². The summed E-state index contributed by atoms with van der Waals surface area (Å²) in [5.41, 5.74) is 3.71. The van der Waals surface area contributed by atoms with Gasteiger partial charge in [-0.15, -0.1) is 0 Å². The number of allylic oxidation sites excluding steroid dienone is 2. The Morgan fingerprint density at radius 3 is 2.29 bits per heavy atom. The van der Waals surface area contributed by atoms with E-state index in [1.807, 2.05) is 6.08 Å². The second-order valence-corrected chi connectivity index (χ2v) is 10.2. The van der Waals surface area contributed by atoms with Crippen molar-refractivity contribution in [1.29, 1.82) is 0 Å². The van der Waals surface area contributed by atoms with Crippen LogP contribution >= 0.6 is 0 Å². The minimum atomic E-state index is -0.725. The fraction of sp³-hybridized carbons (Fsp3) is 0.516. The van der Waals surface area contributed by atoms with E-state index in [-0.39, 0.29) is 6.42 Å². The molecule has 3 atom stereocenters. The minimum Gasteiger partial charge on any atom is -0.481 e. The highest BCUT2D eigenvalue weighted by molar-refractivity contribution is 5.66. The monoisotopic (exact) mass is 475 g/mol. The van der Waals surface area contributed by atoms with E-state index in [0.717, 1.165) is 19.3 Å². The first-order chi connectivity index (χ1) is 17.2. The molecule has 1 aliphatic carbocycles. The number of ether oxygens (including phenoxy) is 1. The van der Waals surface area contributed by atoms with Crippen molar-refractivity contribution in [2.24, 2.45) is 5.92 Å². The molecule has 1 saturated heterocycles. The van der Waals surface area contributed by atoms with Gasteiger partial charge in [-0.3, -0.25) is 4.79 Å². The smallest absolute Gasteiger partial charge is 0.303 e. The van der Waals surface area contributed by atoms with E-state index in [0.29, 0.717) is 31.1 Å². The Labute approximate surface area is 211 Å². The lowest BCUT2D eigenvalue weighted by molar-refractivity contribution is -0.136. The highest BCUT2D eigenvalue weighted by atomic mass is 16.5. The molecule has 2 aromatic carbocycles. The predicted octanol–water partition coefficient (Wildman–Crippen LogP) is 7.09. The normalized spacial score (nSPS) is 23.5. The van der Waals surface area contributed by atoms with Gasteiger partial charge in [-0.05, 0) is 74.7 Å². The van der Waals surface area contributed by atoms with Crippen molar-refractivity contribution >= 4 is 5.97 Å². The SMILES string of the molecule is O=C(O)CCC=CCCC1C(OCc2ccc(-c3ccccc3)cc2)CCC1N1CCCCCC1. The van der Waals surface area contributed by atoms with Gasteiger partial charge in [0, 0.05) is 18.4 Å². The summed E-state index contributed by atoms with van der Waals surface area (Å²) < 4.78 is 6.58. The van der Waals surface area contributed by atoms with Crippen LogP contribution in [0.1, 0.15) is 69.8 Å². The summed E-state index contributed by atoms with van der Waals surface area (Å²) in [7, 11) is 0. The lowest BCUT2D eigenvalue weighted by Gasteiger charge is -2.34. The Bertz CT molecular complexity index is 916. The Kier molecular flexibility index (Phi) is 9.97. The molecule has 1 N–H and O–H groups in total. The minimum absolute atomic E-state index is 0.213. The molecule has 0 spiro atoms. The van der Waals surface area contributed by atoms with Gasteiger partial charge in [0.05, 0.1) is 12.7 Å². The molecule has 1 heterocycles. The second-order valence-electron chi connectivity index (χ2n) is 10.2. The maximum Gasteiger partial charge on any atom is 0.303 e. The van der Waals surface area contributed by atoms with Gasteiger partial charge in [-0.1, -0.05) is 79.6 Å². The summed E-state index contributed by atoms with van der Waals surface area (Å²) in [6, 6.07) is 19.9. The highest BCUT2D eigenvalue weighted by Crippen LogP contribution is 2.37. The Morgan fingerprint density at radius 2 is 1.57 bits per heavy atom. The molecule has 1 saturated carbocycles. The van der Waals surface area contributed by atoms with Gasteiger partial charge in [0.25, 0.3) is 0 Å².